The molecule has 0 aromatic heterocycles. The van der Waals surface area contributed by atoms with Crippen LogP contribution in [0.5, 0.6) is 0 Å². The first kappa shape index (κ1) is 13.5. The molecule has 0 saturated heterocycles. The van der Waals surface area contributed by atoms with E-state index in [1.54, 1.807) is 0 Å². The van der Waals surface area contributed by atoms with Crippen LogP contribution < -0.4 is 5.32 Å². The van der Waals surface area contributed by atoms with Gasteiger partial charge >= 0.3 is 0 Å². The van der Waals surface area contributed by atoms with Crippen molar-refractivity contribution >= 4 is 0 Å². The molecule has 1 nitrogen and oxygen atoms in total. The van der Waals surface area contributed by atoms with Crippen LogP contribution in [0.3, 0.4) is 0 Å². The van der Waals surface area contributed by atoms with E-state index in [1.807, 2.05) is 6.92 Å². The smallest absolute Gasteiger partial charge is 0.128 e. The molecule has 18 heavy (non-hydrogen) atoms. The van der Waals surface area contributed by atoms with E-state index >= 15 is 0 Å². The summed E-state index contributed by atoms with van der Waals surface area (Å²) in [6.07, 6.45) is 5.09. The van der Waals surface area contributed by atoms with Gasteiger partial charge in [0.05, 0.1) is 0 Å². The largest absolute Gasteiger partial charge is 0.308 e. The Morgan fingerprint density at radius 1 is 1.28 bits per heavy atom. The van der Waals surface area contributed by atoms with Crippen LogP contribution in [-0.2, 0) is 0 Å². The number of halogens is 2. The highest BCUT2D eigenvalue weighted by Crippen LogP contribution is 2.31. The highest BCUT2D eigenvalue weighted by Gasteiger charge is 2.21. The maximum atomic E-state index is 13.6. The average Bonchev–Trinajstić information content (AvgIpc) is 2.27. The molecule has 1 aromatic carbocycles. The van der Waals surface area contributed by atoms with E-state index in [-0.39, 0.29) is 17.7 Å². The van der Waals surface area contributed by atoms with Crippen molar-refractivity contribution < 1.29 is 8.78 Å². The standard InChI is InChI=1S/C15H21F2N/c1-10(8-12-4-3-5-12)18-11(2)14-9-13(16)6-7-15(14)17/h6-7,9-12,18H,3-5,8H2,1-2H3. The maximum absolute atomic E-state index is 13.6. The lowest BCUT2D eigenvalue weighted by Crippen LogP contribution is -2.32. The molecule has 0 radical (unpaired) electrons. The van der Waals surface area contributed by atoms with E-state index in [9.17, 15) is 8.78 Å². The second-order valence-electron chi connectivity index (χ2n) is 5.49. The van der Waals surface area contributed by atoms with Crippen LogP contribution in [0.4, 0.5) is 8.78 Å². The van der Waals surface area contributed by atoms with Crippen molar-refractivity contribution in [1.29, 1.82) is 0 Å². The molecule has 2 atom stereocenters. The van der Waals surface area contributed by atoms with Gasteiger partial charge in [-0.3, -0.25) is 0 Å². The van der Waals surface area contributed by atoms with Crippen LogP contribution in [0.25, 0.3) is 0 Å². The van der Waals surface area contributed by atoms with Gasteiger partial charge in [0.25, 0.3) is 0 Å². The van der Waals surface area contributed by atoms with Crippen LogP contribution in [0.2, 0.25) is 0 Å². The monoisotopic (exact) mass is 253 g/mol. The number of hydrogen-bond donors (Lipinski definition) is 1. The van der Waals surface area contributed by atoms with Crippen LogP contribution in [0.1, 0.15) is 51.1 Å². The summed E-state index contributed by atoms with van der Waals surface area (Å²) in [5, 5.41) is 3.36. The van der Waals surface area contributed by atoms with Gasteiger partial charge in [-0.1, -0.05) is 19.3 Å². The van der Waals surface area contributed by atoms with Crippen molar-refractivity contribution in [2.24, 2.45) is 5.92 Å². The summed E-state index contributed by atoms with van der Waals surface area (Å²) in [6.45, 7) is 4.00. The molecule has 1 aliphatic rings. The molecule has 2 rings (SSSR count). The van der Waals surface area contributed by atoms with Crippen molar-refractivity contribution in [2.75, 3.05) is 0 Å². The summed E-state index contributed by atoms with van der Waals surface area (Å²) in [7, 11) is 0. The van der Waals surface area contributed by atoms with Crippen molar-refractivity contribution in [2.45, 2.75) is 51.6 Å². The third-order valence-corrected chi connectivity index (χ3v) is 3.87. The minimum Gasteiger partial charge on any atom is -0.308 e. The van der Waals surface area contributed by atoms with E-state index in [4.69, 9.17) is 0 Å². The van der Waals surface area contributed by atoms with Crippen molar-refractivity contribution in [3.8, 4) is 0 Å². The molecule has 1 aromatic rings. The molecular formula is C15H21F2N. The van der Waals surface area contributed by atoms with Gasteiger partial charge < -0.3 is 5.32 Å². The lowest BCUT2D eigenvalue weighted by molar-refractivity contribution is 0.259. The first-order valence-electron chi connectivity index (χ1n) is 6.77. The highest BCUT2D eigenvalue weighted by atomic mass is 19.1. The molecule has 2 unspecified atom stereocenters. The summed E-state index contributed by atoms with van der Waals surface area (Å²) < 4.78 is 26.7. The number of rotatable bonds is 5. The quantitative estimate of drug-likeness (QED) is 0.829. The topological polar surface area (TPSA) is 12.0 Å². The number of hydrogen-bond acceptors (Lipinski definition) is 1. The molecule has 3 heteroatoms. The van der Waals surface area contributed by atoms with Crippen LogP contribution in [0, 0.1) is 17.6 Å². The Labute approximate surface area is 108 Å². The Morgan fingerprint density at radius 3 is 2.61 bits per heavy atom. The Balaban J connectivity index is 1.93. The summed E-state index contributed by atoms with van der Waals surface area (Å²) in [6, 6.07) is 3.81. The van der Waals surface area contributed by atoms with Gasteiger partial charge in [0.2, 0.25) is 0 Å². The first-order valence-corrected chi connectivity index (χ1v) is 6.77. The molecule has 0 heterocycles. The SMILES string of the molecule is CC(CC1CCC1)NC(C)c1cc(F)ccc1F. The van der Waals surface area contributed by atoms with Gasteiger partial charge in [-0.05, 0) is 44.4 Å². The normalized spacial score (nSPS) is 19.3. The van der Waals surface area contributed by atoms with E-state index in [0.717, 1.165) is 18.4 Å². The predicted octanol–water partition coefficient (Wildman–Crippen LogP) is 4.19. The summed E-state index contributed by atoms with van der Waals surface area (Å²) in [4.78, 5) is 0. The minimum absolute atomic E-state index is 0.157. The molecule has 100 valence electrons. The first-order chi connectivity index (χ1) is 8.56. The second-order valence-corrected chi connectivity index (χ2v) is 5.49. The van der Waals surface area contributed by atoms with Crippen molar-refractivity contribution in [1.82, 2.24) is 5.32 Å². The Morgan fingerprint density at radius 2 is 2.00 bits per heavy atom. The summed E-state index contributed by atoms with van der Waals surface area (Å²) >= 11 is 0. The molecule has 0 bridgehead atoms. The van der Waals surface area contributed by atoms with Crippen LogP contribution in [-0.4, -0.2) is 6.04 Å². The summed E-state index contributed by atoms with van der Waals surface area (Å²) in [5.41, 5.74) is 0.412. The van der Waals surface area contributed by atoms with Gasteiger partial charge in [0.15, 0.2) is 0 Å². The average molecular weight is 253 g/mol. The molecule has 1 aliphatic carbocycles. The lowest BCUT2D eigenvalue weighted by atomic mass is 9.81. The van der Waals surface area contributed by atoms with Crippen LogP contribution in [0.15, 0.2) is 18.2 Å². The molecular weight excluding hydrogens is 232 g/mol. The van der Waals surface area contributed by atoms with E-state index < -0.39 is 0 Å². The van der Waals surface area contributed by atoms with Crippen molar-refractivity contribution in [3.63, 3.8) is 0 Å². The van der Waals surface area contributed by atoms with E-state index in [0.29, 0.717) is 11.6 Å². The second kappa shape index (κ2) is 5.79. The van der Waals surface area contributed by atoms with Crippen molar-refractivity contribution in [3.05, 3.63) is 35.4 Å². The highest BCUT2D eigenvalue weighted by molar-refractivity contribution is 5.21. The lowest BCUT2D eigenvalue weighted by Gasteiger charge is -2.30. The Bertz CT molecular complexity index is 401. The molecule has 1 fully saturated rings. The van der Waals surface area contributed by atoms with Gasteiger partial charge in [-0.15, -0.1) is 0 Å². The third-order valence-electron chi connectivity index (χ3n) is 3.87. The van der Waals surface area contributed by atoms with E-state index in [1.165, 1.54) is 31.4 Å². The van der Waals surface area contributed by atoms with Gasteiger partial charge in [-0.2, -0.15) is 0 Å². The molecule has 1 saturated carbocycles. The molecule has 0 aliphatic heterocycles. The van der Waals surface area contributed by atoms with E-state index in [2.05, 4.69) is 12.2 Å². The molecule has 0 spiro atoms. The fourth-order valence-corrected chi connectivity index (χ4v) is 2.66. The minimum atomic E-state index is -0.383. The molecule has 1 N–H and O–H groups in total. The van der Waals surface area contributed by atoms with Gasteiger partial charge in [-0.25, -0.2) is 8.78 Å². The Kier molecular flexibility index (Phi) is 4.33. The number of nitrogens with one attached hydrogen (secondary N) is 1. The van der Waals surface area contributed by atoms with Gasteiger partial charge in [0, 0.05) is 17.6 Å². The third kappa shape index (κ3) is 3.29. The maximum Gasteiger partial charge on any atom is 0.128 e. The fourth-order valence-electron chi connectivity index (χ4n) is 2.66. The molecule has 0 amide bonds. The van der Waals surface area contributed by atoms with Crippen LogP contribution >= 0.6 is 0 Å². The zero-order valence-corrected chi connectivity index (χ0v) is 11.0. The van der Waals surface area contributed by atoms with Gasteiger partial charge in [0.1, 0.15) is 11.6 Å². The summed E-state index contributed by atoms with van der Waals surface area (Å²) in [5.74, 6) is 0.0935. The Hall–Kier alpha value is -0.960. The fraction of sp³-hybridized carbons (Fsp3) is 0.600. The zero-order valence-electron chi connectivity index (χ0n) is 11.0. The predicted molar refractivity (Wildman–Crippen MR) is 69.3 cm³/mol. The number of benzene rings is 1. The zero-order chi connectivity index (χ0) is 13.1.